The number of hydrogen-bond donors (Lipinski definition) is 1. The smallest absolute Gasteiger partial charge is 0.342 e. The van der Waals surface area contributed by atoms with Crippen molar-refractivity contribution in [2.45, 2.75) is 52.7 Å². The lowest BCUT2D eigenvalue weighted by atomic mass is 10.1. The molecule has 0 aromatic carbocycles. The number of rotatable bonds is 4. The van der Waals surface area contributed by atoms with Crippen molar-refractivity contribution < 1.29 is 18.7 Å². The zero-order valence-electron chi connectivity index (χ0n) is 11.7. The maximum atomic E-state index is 12.1. The van der Waals surface area contributed by atoms with Crippen LogP contribution in [0.1, 0.15) is 47.2 Å². The summed E-state index contributed by atoms with van der Waals surface area (Å²) < 4.78 is 10.6. The molecule has 5 nitrogen and oxygen atoms in total. The van der Waals surface area contributed by atoms with Crippen molar-refractivity contribution in [3.05, 3.63) is 22.6 Å². The molecule has 0 spiro atoms. The van der Waals surface area contributed by atoms with E-state index in [2.05, 4.69) is 5.32 Å². The lowest BCUT2D eigenvalue weighted by Crippen LogP contribution is -2.37. The zero-order valence-corrected chi connectivity index (χ0v) is 11.7. The minimum Gasteiger partial charge on any atom is -0.465 e. The largest absolute Gasteiger partial charge is 0.465 e. The fourth-order valence-corrected chi connectivity index (χ4v) is 1.91. The summed E-state index contributed by atoms with van der Waals surface area (Å²) in [6.45, 7) is 6.89. The average molecular weight is 265 g/mol. The Morgan fingerprint density at radius 1 is 1.26 bits per heavy atom. The van der Waals surface area contributed by atoms with Gasteiger partial charge >= 0.3 is 5.97 Å². The van der Waals surface area contributed by atoms with Crippen LogP contribution in [0.4, 0.5) is 0 Å². The first-order valence-corrected chi connectivity index (χ1v) is 6.48. The first-order chi connectivity index (χ1) is 8.90. The van der Waals surface area contributed by atoms with Gasteiger partial charge in [0.25, 0.3) is 5.91 Å². The number of amides is 1. The van der Waals surface area contributed by atoms with Gasteiger partial charge in [-0.25, -0.2) is 4.79 Å². The summed E-state index contributed by atoms with van der Waals surface area (Å²) in [5, 5.41) is 2.81. The summed E-state index contributed by atoms with van der Waals surface area (Å²) in [6, 6.07) is 0.258. The van der Waals surface area contributed by atoms with Gasteiger partial charge in [0, 0.05) is 11.6 Å². The zero-order chi connectivity index (χ0) is 14.2. The molecule has 0 aliphatic heterocycles. The van der Waals surface area contributed by atoms with Crippen LogP contribution in [0.15, 0.2) is 4.42 Å². The predicted molar refractivity (Wildman–Crippen MR) is 69.0 cm³/mol. The molecule has 1 N–H and O–H groups in total. The number of ether oxygens (including phenoxy) is 1. The Morgan fingerprint density at radius 3 is 2.37 bits per heavy atom. The van der Waals surface area contributed by atoms with E-state index in [9.17, 15) is 9.59 Å². The van der Waals surface area contributed by atoms with Crippen molar-refractivity contribution in [3.63, 3.8) is 0 Å². The predicted octanol–water partition coefficient (Wildman–Crippen LogP) is 2.03. The highest BCUT2D eigenvalue weighted by molar-refractivity contribution is 5.94. The number of aryl methyl sites for hydroxylation is 2. The third-order valence-corrected chi connectivity index (χ3v) is 3.34. The number of nitrogens with one attached hydrogen (secondary N) is 1. The van der Waals surface area contributed by atoms with Crippen LogP contribution in [0.3, 0.4) is 0 Å². The first-order valence-electron chi connectivity index (χ1n) is 6.48. The van der Waals surface area contributed by atoms with Crippen molar-refractivity contribution in [1.82, 2.24) is 5.32 Å². The van der Waals surface area contributed by atoms with Crippen LogP contribution in [0.2, 0.25) is 0 Å². The molecule has 5 heteroatoms. The van der Waals surface area contributed by atoms with E-state index in [0.717, 1.165) is 18.4 Å². The second-order valence-electron chi connectivity index (χ2n) is 5.04. The number of carbonyl (C=O) groups is 2. The van der Waals surface area contributed by atoms with Gasteiger partial charge in [-0.3, -0.25) is 4.79 Å². The molecule has 1 fully saturated rings. The molecular weight excluding hydrogens is 246 g/mol. The van der Waals surface area contributed by atoms with Gasteiger partial charge in [0.2, 0.25) is 0 Å². The highest BCUT2D eigenvalue weighted by Gasteiger charge is 2.28. The van der Waals surface area contributed by atoms with E-state index < -0.39 is 12.1 Å². The number of furan rings is 1. The van der Waals surface area contributed by atoms with Gasteiger partial charge in [-0.1, -0.05) is 0 Å². The van der Waals surface area contributed by atoms with Gasteiger partial charge in [-0.2, -0.15) is 0 Å². The van der Waals surface area contributed by atoms with Gasteiger partial charge in [0.15, 0.2) is 6.10 Å². The molecule has 1 aromatic heterocycles. The van der Waals surface area contributed by atoms with Gasteiger partial charge < -0.3 is 14.5 Å². The summed E-state index contributed by atoms with van der Waals surface area (Å²) in [6.07, 6.45) is 1.22. The lowest BCUT2D eigenvalue weighted by molar-refractivity contribution is -0.129. The Hall–Kier alpha value is -1.78. The third kappa shape index (κ3) is 2.97. The number of esters is 1. The fraction of sp³-hybridized carbons (Fsp3) is 0.571. The Morgan fingerprint density at radius 2 is 1.89 bits per heavy atom. The Labute approximate surface area is 112 Å². The molecule has 104 valence electrons. The summed E-state index contributed by atoms with van der Waals surface area (Å²) in [7, 11) is 0. The maximum absolute atomic E-state index is 12.1. The molecule has 1 aliphatic rings. The average Bonchev–Trinajstić information content (AvgIpc) is 3.08. The SMILES string of the molecule is Cc1oc(C)c(C(=O)O[C@@H](C)C(=O)NC2CC2)c1C. The van der Waals surface area contributed by atoms with Crippen molar-refractivity contribution >= 4 is 11.9 Å². The lowest BCUT2D eigenvalue weighted by Gasteiger charge is -2.13. The Kier molecular flexibility index (Phi) is 3.64. The molecule has 1 atom stereocenters. The number of carbonyl (C=O) groups excluding carboxylic acids is 2. The van der Waals surface area contributed by atoms with Gasteiger partial charge in [-0.05, 0) is 40.5 Å². The fourth-order valence-electron chi connectivity index (χ4n) is 1.91. The van der Waals surface area contributed by atoms with Crippen molar-refractivity contribution in [3.8, 4) is 0 Å². The van der Waals surface area contributed by atoms with Crippen molar-refractivity contribution in [2.75, 3.05) is 0 Å². The standard InChI is InChI=1S/C14H19NO4/c1-7-8(2)18-9(3)12(7)14(17)19-10(4)13(16)15-11-5-6-11/h10-11H,5-6H2,1-4H3,(H,15,16)/t10-/m0/s1. The van der Waals surface area contributed by atoms with E-state index in [1.165, 1.54) is 0 Å². The second-order valence-corrected chi connectivity index (χ2v) is 5.04. The molecule has 2 rings (SSSR count). The molecule has 1 saturated carbocycles. The first kappa shape index (κ1) is 13.6. The third-order valence-electron chi connectivity index (χ3n) is 3.34. The van der Waals surface area contributed by atoms with E-state index in [1.54, 1.807) is 27.7 Å². The number of hydrogen-bond acceptors (Lipinski definition) is 4. The summed E-state index contributed by atoms with van der Waals surface area (Å²) in [5.41, 5.74) is 1.18. The molecule has 1 amide bonds. The Bertz CT molecular complexity index is 514. The van der Waals surface area contributed by atoms with E-state index in [0.29, 0.717) is 17.1 Å². The van der Waals surface area contributed by atoms with Crippen LogP contribution in [-0.4, -0.2) is 24.0 Å². The minimum absolute atomic E-state index is 0.244. The normalized spacial score (nSPS) is 16.0. The molecule has 0 unspecified atom stereocenters. The molecular formula is C14H19NO4. The van der Waals surface area contributed by atoms with E-state index in [1.807, 2.05) is 0 Å². The molecule has 0 saturated heterocycles. The molecule has 1 heterocycles. The monoisotopic (exact) mass is 265 g/mol. The van der Waals surface area contributed by atoms with Crippen LogP contribution in [0.25, 0.3) is 0 Å². The summed E-state index contributed by atoms with van der Waals surface area (Å²) in [5.74, 6) is 0.464. The molecule has 1 aromatic rings. The molecule has 1 aliphatic carbocycles. The van der Waals surface area contributed by atoms with E-state index >= 15 is 0 Å². The van der Waals surface area contributed by atoms with Crippen LogP contribution in [-0.2, 0) is 9.53 Å². The highest BCUT2D eigenvalue weighted by atomic mass is 16.5. The highest BCUT2D eigenvalue weighted by Crippen LogP contribution is 2.22. The van der Waals surface area contributed by atoms with Crippen LogP contribution in [0.5, 0.6) is 0 Å². The van der Waals surface area contributed by atoms with E-state index in [-0.39, 0.29) is 11.9 Å². The van der Waals surface area contributed by atoms with Crippen molar-refractivity contribution in [2.24, 2.45) is 0 Å². The minimum atomic E-state index is -0.790. The van der Waals surface area contributed by atoms with Crippen LogP contribution in [0, 0.1) is 20.8 Å². The quantitative estimate of drug-likeness (QED) is 0.846. The van der Waals surface area contributed by atoms with Gasteiger partial charge in [-0.15, -0.1) is 0 Å². The van der Waals surface area contributed by atoms with Crippen LogP contribution >= 0.6 is 0 Å². The molecule has 0 bridgehead atoms. The maximum Gasteiger partial charge on any atom is 0.342 e. The van der Waals surface area contributed by atoms with E-state index in [4.69, 9.17) is 9.15 Å². The molecule has 0 radical (unpaired) electrons. The van der Waals surface area contributed by atoms with Gasteiger partial charge in [0.05, 0.1) is 0 Å². The van der Waals surface area contributed by atoms with Crippen LogP contribution < -0.4 is 5.32 Å². The summed E-state index contributed by atoms with van der Waals surface area (Å²) >= 11 is 0. The topological polar surface area (TPSA) is 68.5 Å². The molecule has 19 heavy (non-hydrogen) atoms. The summed E-state index contributed by atoms with van der Waals surface area (Å²) in [4.78, 5) is 23.8. The second kappa shape index (κ2) is 5.07. The Balaban J connectivity index is 2.01. The van der Waals surface area contributed by atoms with Gasteiger partial charge in [0.1, 0.15) is 17.1 Å². The van der Waals surface area contributed by atoms with Crippen molar-refractivity contribution in [1.29, 1.82) is 0 Å².